The summed E-state index contributed by atoms with van der Waals surface area (Å²) in [6.45, 7) is 6.01. The number of halogens is 1. The summed E-state index contributed by atoms with van der Waals surface area (Å²) in [5.74, 6) is 0.619. The summed E-state index contributed by atoms with van der Waals surface area (Å²) in [6, 6.07) is 3.89. The predicted molar refractivity (Wildman–Crippen MR) is 77.3 cm³/mol. The maximum absolute atomic E-state index is 12.1. The molecule has 2 aromatic rings. The molecule has 96 valence electrons. The highest BCUT2D eigenvalue weighted by Crippen LogP contribution is 2.28. The number of anilines is 1. The van der Waals surface area contributed by atoms with Crippen LogP contribution in [0.3, 0.4) is 0 Å². The zero-order valence-electron chi connectivity index (χ0n) is 10.4. The standard InChI is InChI=1S/C12H14BrN3OS/c1-7(2)16-10(4-5-14-16)15-12(17)9-6-8(3)11(13)18-9/h4-7H,1-3H3,(H,15,17). The van der Waals surface area contributed by atoms with Gasteiger partial charge in [0.25, 0.3) is 5.91 Å². The van der Waals surface area contributed by atoms with Crippen LogP contribution < -0.4 is 5.32 Å². The molecule has 2 aromatic heterocycles. The van der Waals surface area contributed by atoms with E-state index in [9.17, 15) is 4.79 Å². The lowest BCUT2D eigenvalue weighted by Crippen LogP contribution is -2.15. The second-order valence-corrected chi connectivity index (χ2v) is 6.65. The van der Waals surface area contributed by atoms with Gasteiger partial charge in [0.2, 0.25) is 0 Å². The van der Waals surface area contributed by atoms with Crippen LogP contribution in [0.15, 0.2) is 22.1 Å². The summed E-state index contributed by atoms with van der Waals surface area (Å²) < 4.78 is 2.78. The van der Waals surface area contributed by atoms with Crippen LogP contribution in [0.5, 0.6) is 0 Å². The van der Waals surface area contributed by atoms with Crippen LogP contribution in [0.4, 0.5) is 5.82 Å². The molecule has 0 atom stereocenters. The molecule has 1 N–H and O–H groups in total. The summed E-state index contributed by atoms with van der Waals surface area (Å²) in [6.07, 6.45) is 1.69. The molecule has 6 heteroatoms. The minimum Gasteiger partial charge on any atom is -0.306 e. The van der Waals surface area contributed by atoms with Crippen molar-refractivity contribution in [2.45, 2.75) is 26.8 Å². The third kappa shape index (κ3) is 2.64. The van der Waals surface area contributed by atoms with Crippen molar-refractivity contribution in [2.24, 2.45) is 0 Å². The van der Waals surface area contributed by atoms with E-state index in [2.05, 4.69) is 26.3 Å². The van der Waals surface area contributed by atoms with Crippen molar-refractivity contribution in [1.82, 2.24) is 9.78 Å². The van der Waals surface area contributed by atoms with Gasteiger partial charge in [0, 0.05) is 12.1 Å². The van der Waals surface area contributed by atoms with E-state index in [1.807, 2.05) is 26.8 Å². The fourth-order valence-electron chi connectivity index (χ4n) is 1.57. The number of hydrogen-bond acceptors (Lipinski definition) is 3. The molecule has 4 nitrogen and oxygen atoms in total. The molecule has 0 unspecified atom stereocenters. The van der Waals surface area contributed by atoms with E-state index in [1.54, 1.807) is 16.9 Å². The van der Waals surface area contributed by atoms with E-state index in [4.69, 9.17) is 0 Å². The third-order valence-electron chi connectivity index (χ3n) is 2.48. The van der Waals surface area contributed by atoms with Crippen LogP contribution in [-0.2, 0) is 0 Å². The van der Waals surface area contributed by atoms with Crippen molar-refractivity contribution in [3.8, 4) is 0 Å². The number of aryl methyl sites for hydroxylation is 1. The molecule has 2 heterocycles. The minimum absolute atomic E-state index is 0.101. The first-order chi connectivity index (χ1) is 8.49. The summed E-state index contributed by atoms with van der Waals surface area (Å²) in [5, 5.41) is 7.06. The van der Waals surface area contributed by atoms with Gasteiger partial charge in [0.05, 0.1) is 14.9 Å². The van der Waals surface area contributed by atoms with Crippen LogP contribution in [0.2, 0.25) is 0 Å². The molecule has 18 heavy (non-hydrogen) atoms. The zero-order chi connectivity index (χ0) is 13.3. The molecule has 0 saturated heterocycles. The Morgan fingerprint density at radius 2 is 2.28 bits per heavy atom. The first-order valence-electron chi connectivity index (χ1n) is 5.60. The lowest BCUT2D eigenvalue weighted by Gasteiger charge is -2.11. The molecule has 1 amide bonds. The Morgan fingerprint density at radius 3 is 2.83 bits per heavy atom. The Bertz CT molecular complexity index is 554. The molecule has 0 fully saturated rings. The first-order valence-corrected chi connectivity index (χ1v) is 7.20. The Balaban J connectivity index is 2.19. The van der Waals surface area contributed by atoms with Gasteiger partial charge in [-0.2, -0.15) is 5.10 Å². The highest BCUT2D eigenvalue weighted by Gasteiger charge is 2.14. The number of amides is 1. The lowest BCUT2D eigenvalue weighted by molar-refractivity contribution is 0.102. The van der Waals surface area contributed by atoms with Gasteiger partial charge in [0.1, 0.15) is 5.82 Å². The molecule has 0 aliphatic carbocycles. The van der Waals surface area contributed by atoms with E-state index < -0.39 is 0 Å². The van der Waals surface area contributed by atoms with Crippen LogP contribution in [0.1, 0.15) is 35.1 Å². The van der Waals surface area contributed by atoms with Crippen molar-refractivity contribution in [1.29, 1.82) is 0 Å². The number of aromatic nitrogens is 2. The average molecular weight is 328 g/mol. The maximum atomic E-state index is 12.1. The number of thiophene rings is 1. The second-order valence-electron chi connectivity index (χ2n) is 4.28. The zero-order valence-corrected chi connectivity index (χ0v) is 12.8. The monoisotopic (exact) mass is 327 g/mol. The lowest BCUT2D eigenvalue weighted by atomic mass is 10.3. The molecule has 0 bridgehead atoms. The fourth-order valence-corrected chi connectivity index (χ4v) is 3.00. The van der Waals surface area contributed by atoms with Gasteiger partial charge in [-0.25, -0.2) is 4.68 Å². The largest absolute Gasteiger partial charge is 0.306 e. The van der Waals surface area contributed by atoms with Gasteiger partial charge in [-0.05, 0) is 48.3 Å². The van der Waals surface area contributed by atoms with Crippen molar-refractivity contribution in [3.63, 3.8) is 0 Å². The van der Waals surface area contributed by atoms with Crippen molar-refractivity contribution in [2.75, 3.05) is 5.32 Å². The molecule has 0 aromatic carbocycles. The smallest absolute Gasteiger partial charge is 0.266 e. The fraction of sp³-hybridized carbons (Fsp3) is 0.333. The first kappa shape index (κ1) is 13.3. The van der Waals surface area contributed by atoms with E-state index in [0.717, 1.165) is 15.2 Å². The molecule has 0 spiro atoms. The summed E-state index contributed by atoms with van der Waals surface area (Å²) >= 11 is 4.85. The van der Waals surface area contributed by atoms with Crippen LogP contribution >= 0.6 is 27.3 Å². The van der Waals surface area contributed by atoms with Crippen molar-refractivity contribution >= 4 is 39.0 Å². The molecular weight excluding hydrogens is 314 g/mol. The quantitative estimate of drug-likeness (QED) is 0.930. The number of nitrogens with one attached hydrogen (secondary N) is 1. The molecule has 0 radical (unpaired) electrons. The topological polar surface area (TPSA) is 46.9 Å². The Hall–Kier alpha value is -1.14. The summed E-state index contributed by atoms with van der Waals surface area (Å²) in [4.78, 5) is 12.8. The highest BCUT2D eigenvalue weighted by molar-refractivity contribution is 9.11. The van der Waals surface area contributed by atoms with E-state index >= 15 is 0 Å². The average Bonchev–Trinajstić information content (AvgIpc) is 2.87. The van der Waals surface area contributed by atoms with Crippen LogP contribution in [0, 0.1) is 6.92 Å². The number of hydrogen-bond donors (Lipinski definition) is 1. The van der Waals surface area contributed by atoms with E-state index in [0.29, 0.717) is 4.88 Å². The van der Waals surface area contributed by atoms with Gasteiger partial charge in [-0.1, -0.05) is 0 Å². The Labute approximate surface area is 118 Å². The van der Waals surface area contributed by atoms with Crippen LogP contribution in [-0.4, -0.2) is 15.7 Å². The maximum Gasteiger partial charge on any atom is 0.266 e. The summed E-state index contributed by atoms with van der Waals surface area (Å²) in [5.41, 5.74) is 1.07. The second kappa shape index (κ2) is 5.24. The van der Waals surface area contributed by atoms with Gasteiger partial charge in [-0.3, -0.25) is 4.79 Å². The molecule has 0 aliphatic heterocycles. The van der Waals surface area contributed by atoms with Gasteiger partial charge < -0.3 is 5.32 Å². The highest BCUT2D eigenvalue weighted by atomic mass is 79.9. The Morgan fingerprint density at radius 1 is 1.56 bits per heavy atom. The number of rotatable bonds is 3. The van der Waals surface area contributed by atoms with Crippen molar-refractivity contribution in [3.05, 3.63) is 32.6 Å². The molecule has 2 rings (SSSR count). The van der Waals surface area contributed by atoms with Crippen molar-refractivity contribution < 1.29 is 4.79 Å². The number of carbonyl (C=O) groups excluding carboxylic acids is 1. The molecule has 0 aliphatic rings. The number of nitrogens with zero attached hydrogens (tertiary/aromatic N) is 2. The Kier molecular flexibility index (Phi) is 3.87. The molecular formula is C12H14BrN3OS. The van der Waals surface area contributed by atoms with Gasteiger partial charge >= 0.3 is 0 Å². The third-order valence-corrected chi connectivity index (χ3v) is 4.62. The minimum atomic E-state index is -0.101. The van der Waals surface area contributed by atoms with E-state index in [1.165, 1.54) is 11.3 Å². The normalized spacial score (nSPS) is 10.9. The summed E-state index contributed by atoms with van der Waals surface area (Å²) in [7, 11) is 0. The van der Waals surface area contributed by atoms with Gasteiger partial charge in [-0.15, -0.1) is 11.3 Å². The van der Waals surface area contributed by atoms with Crippen LogP contribution in [0.25, 0.3) is 0 Å². The van der Waals surface area contributed by atoms with Gasteiger partial charge in [0.15, 0.2) is 0 Å². The van der Waals surface area contributed by atoms with E-state index in [-0.39, 0.29) is 11.9 Å². The number of carbonyl (C=O) groups is 1. The predicted octanol–water partition coefficient (Wildman–Crippen LogP) is 3.85. The molecule has 0 saturated carbocycles. The SMILES string of the molecule is Cc1cc(C(=O)Nc2ccnn2C(C)C)sc1Br.